The van der Waals surface area contributed by atoms with E-state index in [1.807, 2.05) is 19.0 Å². The SMILES string of the molecule is CN(C)CCCNC(=O)C[C@H]1NC(=O)N(Cc2ccc3c(c2)OCO3)C1=O. The van der Waals surface area contributed by atoms with Crippen molar-refractivity contribution in [1.29, 1.82) is 0 Å². The Bertz CT molecular complexity index is 736. The highest BCUT2D eigenvalue weighted by Crippen LogP contribution is 2.33. The molecule has 1 saturated heterocycles. The summed E-state index contributed by atoms with van der Waals surface area (Å²) in [4.78, 5) is 39.8. The lowest BCUT2D eigenvalue weighted by molar-refractivity contribution is -0.131. The zero-order valence-corrected chi connectivity index (χ0v) is 15.5. The second kappa shape index (κ2) is 8.26. The molecule has 27 heavy (non-hydrogen) atoms. The van der Waals surface area contributed by atoms with Crippen molar-refractivity contribution in [2.24, 2.45) is 0 Å². The average Bonchev–Trinajstić information content (AvgIpc) is 3.18. The van der Waals surface area contributed by atoms with Crippen LogP contribution >= 0.6 is 0 Å². The molecule has 0 unspecified atom stereocenters. The Morgan fingerprint density at radius 1 is 1.30 bits per heavy atom. The van der Waals surface area contributed by atoms with Gasteiger partial charge in [-0.05, 0) is 44.8 Å². The molecule has 146 valence electrons. The molecular weight excluding hydrogens is 352 g/mol. The van der Waals surface area contributed by atoms with Crippen molar-refractivity contribution >= 4 is 17.8 Å². The van der Waals surface area contributed by atoms with Crippen LogP contribution < -0.4 is 20.1 Å². The number of carbonyl (C=O) groups is 3. The Morgan fingerprint density at radius 2 is 2.07 bits per heavy atom. The van der Waals surface area contributed by atoms with E-state index in [-0.39, 0.29) is 25.7 Å². The molecule has 0 saturated carbocycles. The van der Waals surface area contributed by atoms with Gasteiger partial charge in [0.15, 0.2) is 11.5 Å². The van der Waals surface area contributed by atoms with Crippen LogP contribution in [0, 0.1) is 0 Å². The monoisotopic (exact) mass is 376 g/mol. The molecule has 3 rings (SSSR count). The normalized spacial score (nSPS) is 18.2. The minimum absolute atomic E-state index is 0.0653. The van der Waals surface area contributed by atoms with Crippen LogP contribution in [0.4, 0.5) is 4.79 Å². The van der Waals surface area contributed by atoms with Crippen molar-refractivity contribution in [2.75, 3.05) is 34.0 Å². The third-order valence-corrected chi connectivity index (χ3v) is 4.38. The first kappa shape index (κ1) is 19.0. The fraction of sp³-hybridized carbons (Fsp3) is 0.500. The summed E-state index contributed by atoms with van der Waals surface area (Å²) >= 11 is 0. The number of rotatable bonds is 8. The lowest BCUT2D eigenvalue weighted by atomic mass is 10.1. The minimum atomic E-state index is -0.833. The van der Waals surface area contributed by atoms with Crippen LogP contribution in [0.1, 0.15) is 18.4 Å². The number of imide groups is 1. The third kappa shape index (κ3) is 4.68. The predicted molar refractivity (Wildman–Crippen MR) is 96.2 cm³/mol. The van der Waals surface area contributed by atoms with Gasteiger partial charge in [0.05, 0.1) is 13.0 Å². The molecule has 2 heterocycles. The number of ether oxygens (including phenoxy) is 2. The van der Waals surface area contributed by atoms with Gasteiger partial charge >= 0.3 is 6.03 Å². The maximum atomic E-state index is 12.5. The molecule has 1 fully saturated rings. The topological polar surface area (TPSA) is 100 Å². The van der Waals surface area contributed by atoms with Gasteiger partial charge in [-0.25, -0.2) is 4.79 Å². The van der Waals surface area contributed by atoms with Crippen molar-refractivity contribution < 1.29 is 23.9 Å². The van der Waals surface area contributed by atoms with E-state index >= 15 is 0 Å². The highest BCUT2D eigenvalue weighted by atomic mass is 16.7. The molecule has 2 aliphatic rings. The Hall–Kier alpha value is -2.81. The van der Waals surface area contributed by atoms with Gasteiger partial charge in [0.2, 0.25) is 12.7 Å². The second-order valence-electron chi connectivity index (χ2n) is 6.82. The molecule has 2 N–H and O–H groups in total. The summed E-state index contributed by atoms with van der Waals surface area (Å²) in [6.07, 6.45) is 0.754. The van der Waals surface area contributed by atoms with Gasteiger partial charge < -0.3 is 25.0 Å². The van der Waals surface area contributed by atoms with E-state index in [1.54, 1.807) is 18.2 Å². The van der Waals surface area contributed by atoms with Crippen LogP contribution in [-0.4, -0.2) is 67.7 Å². The fourth-order valence-electron chi connectivity index (χ4n) is 2.97. The largest absolute Gasteiger partial charge is 0.454 e. The Labute approximate surface area is 157 Å². The zero-order chi connectivity index (χ0) is 19.4. The summed E-state index contributed by atoms with van der Waals surface area (Å²) in [6.45, 7) is 1.67. The number of benzene rings is 1. The maximum Gasteiger partial charge on any atom is 0.325 e. The molecule has 2 aliphatic heterocycles. The number of amides is 4. The summed E-state index contributed by atoms with van der Waals surface area (Å²) in [7, 11) is 3.92. The standard InChI is InChI=1S/C18H24N4O5/c1-21(2)7-3-6-19-16(23)9-13-17(24)22(18(25)20-13)10-12-4-5-14-15(8-12)27-11-26-14/h4-5,8,13H,3,6-7,9-11H2,1-2H3,(H,19,23)(H,20,25)/t13-/m1/s1. The van der Waals surface area contributed by atoms with E-state index in [0.29, 0.717) is 18.0 Å². The average molecular weight is 376 g/mol. The van der Waals surface area contributed by atoms with Gasteiger partial charge in [-0.1, -0.05) is 6.07 Å². The summed E-state index contributed by atoms with van der Waals surface area (Å²) in [5, 5.41) is 5.35. The van der Waals surface area contributed by atoms with Crippen LogP contribution in [0.5, 0.6) is 11.5 Å². The highest BCUT2D eigenvalue weighted by molar-refractivity contribution is 6.05. The van der Waals surface area contributed by atoms with Gasteiger partial charge in [-0.15, -0.1) is 0 Å². The van der Waals surface area contributed by atoms with Crippen LogP contribution in [0.25, 0.3) is 0 Å². The first-order valence-corrected chi connectivity index (χ1v) is 8.86. The van der Waals surface area contributed by atoms with Crippen LogP contribution in [-0.2, 0) is 16.1 Å². The first-order chi connectivity index (χ1) is 12.9. The number of hydrogen-bond donors (Lipinski definition) is 2. The molecule has 0 aromatic heterocycles. The van der Waals surface area contributed by atoms with Crippen molar-refractivity contribution in [3.05, 3.63) is 23.8 Å². The minimum Gasteiger partial charge on any atom is -0.454 e. The molecule has 1 aromatic carbocycles. The van der Waals surface area contributed by atoms with Gasteiger partial charge in [-0.2, -0.15) is 0 Å². The molecular formula is C18H24N4O5. The predicted octanol–water partition coefficient (Wildman–Crippen LogP) is 0.294. The van der Waals surface area contributed by atoms with Crippen molar-refractivity contribution in [3.63, 3.8) is 0 Å². The van der Waals surface area contributed by atoms with E-state index in [4.69, 9.17) is 9.47 Å². The molecule has 9 heteroatoms. The molecule has 0 bridgehead atoms. The van der Waals surface area contributed by atoms with Gasteiger partial charge in [0.1, 0.15) is 6.04 Å². The third-order valence-electron chi connectivity index (χ3n) is 4.38. The molecule has 1 aromatic rings. The van der Waals surface area contributed by atoms with Crippen molar-refractivity contribution in [3.8, 4) is 11.5 Å². The number of nitrogens with zero attached hydrogens (tertiary/aromatic N) is 2. The Kier molecular flexibility index (Phi) is 5.80. The molecule has 0 spiro atoms. The van der Waals surface area contributed by atoms with E-state index in [9.17, 15) is 14.4 Å². The lowest BCUT2D eigenvalue weighted by Crippen LogP contribution is -2.37. The van der Waals surface area contributed by atoms with Gasteiger partial charge in [0.25, 0.3) is 5.91 Å². The second-order valence-corrected chi connectivity index (χ2v) is 6.82. The van der Waals surface area contributed by atoms with Gasteiger partial charge in [0, 0.05) is 6.54 Å². The number of hydrogen-bond acceptors (Lipinski definition) is 6. The molecule has 1 atom stereocenters. The quantitative estimate of drug-likeness (QED) is 0.500. The van der Waals surface area contributed by atoms with Crippen LogP contribution in [0.15, 0.2) is 18.2 Å². The van der Waals surface area contributed by atoms with Crippen LogP contribution in [0.3, 0.4) is 0 Å². The smallest absolute Gasteiger partial charge is 0.325 e. The van der Waals surface area contributed by atoms with Crippen molar-refractivity contribution in [2.45, 2.75) is 25.4 Å². The summed E-state index contributed by atoms with van der Waals surface area (Å²) < 4.78 is 10.6. The van der Waals surface area contributed by atoms with Crippen LogP contribution in [0.2, 0.25) is 0 Å². The Morgan fingerprint density at radius 3 is 2.85 bits per heavy atom. The first-order valence-electron chi connectivity index (χ1n) is 8.86. The molecule has 0 aliphatic carbocycles. The maximum absolute atomic E-state index is 12.5. The fourth-order valence-corrected chi connectivity index (χ4v) is 2.97. The molecule has 4 amide bonds. The highest BCUT2D eigenvalue weighted by Gasteiger charge is 2.39. The van der Waals surface area contributed by atoms with E-state index in [0.717, 1.165) is 23.4 Å². The zero-order valence-electron chi connectivity index (χ0n) is 15.5. The molecule has 0 radical (unpaired) electrons. The number of fused-ring (bicyclic) bond motifs is 1. The number of carbonyl (C=O) groups excluding carboxylic acids is 3. The van der Waals surface area contributed by atoms with Gasteiger partial charge in [-0.3, -0.25) is 14.5 Å². The van der Waals surface area contributed by atoms with Crippen molar-refractivity contribution in [1.82, 2.24) is 20.4 Å². The number of urea groups is 1. The summed E-state index contributed by atoms with van der Waals surface area (Å²) in [6, 6.07) is 3.94. The molecule has 9 nitrogen and oxygen atoms in total. The lowest BCUT2D eigenvalue weighted by Gasteiger charge is -2.14. The summed E-state index contributed by atoms with van der Waals surface area (Å²) in [5.41, 5.74) is 0.747. The number of nitrogens with one attached hydrogen (secondary N) is 2. The van der Waals surface area contributed by atoms with E-state index in [1.165, 1.54) is 0 Å². The Balaban J connectivity index is 1.51. The summed E-state index contributed by atoms with van der Waals surface area (Å²) in [5.74, 6) is 0.575. The van der Waals surface area contributed by atoms with E-state index in [2.05, 4.69) is 10.6 Å². The van der Waals surface area contributed by atoms with E-state index < -0.39 is 18.0 Å².